The number of carbonyl (C=O) groups excluding carboxylic acids is 2. The van der Waals surface area contributed by atoms with Crippen LogP contribution in [0.3, 0.4) is 0 Å². The van der Waals surface area contributed by atoms with Crippen LogP contribution in [0.1, 0.15) is 26.3 Å². The van der Waals surface area contributed by atoms with Crippen molar-refractivity contribution in [1.82, 2.24) is 14.6 Å². The first-order valence-corrected chi connectivity index (χ1v) is 10.3. The Morgan fingerprint density at radius 2 is 1.62 bits per heavy atom. The number of fused-ring (bicyclic) bond motifs is 1. The highest BCUT2D eigenvalue weighted by atomic mass is 32.2. The van der Waals surface area contributed by atoms with Gasteiger partial charge >= 0.3 is 6.18 Å². The van der Waals surface area contributed by atoms with Crippen molar-refractivity contribution < 1.29 is 22.8 Å². The predicted octanol–water partition coefficient (Wildman–Crippen LogP) is 4.98. The standard InChI is InChI=1S/C22H15F3N4O2S/c23-22(24,25)16-8-11-19-27-28-21(29(19)12-16)32-13-18(30)14-6-9-17(10-7-14)26-20(31)15-4-2-1-3-5-15/h1-12H,13H2,(H,26,31). The molecule has 2 heterocycles. The van der Waals surface area contributed by atoms with Crippen molar-refractivity contribution in [3.05, 3.63) is 89.6 Å². The number of Topliss-reactive ketones (excluding diaryl/α,β-unsaturated/α-hetero) is 1. The summed E-state index contributed by atoms with van der Waals surface area (Å²) in [4.78, 5) is 24.7. The lowest BCUT2D eigenvalue weighted by Crippen LogP contribution is -2.12. The number of amides is 1. The number of alkyl halides is 3. The lowest BCUT2D eigenvalue weighted by atomic mass is 10.1. The molecule has 0 fully saturated rings. The molecule has 2 aromatic carbocycles. The second-order valence-electron chi connectivity index (χ2n) is 6.74. The molecule has 10 heteroatoms. The summed E-state index contributed by atoms with van der Waals surface area (Å²) in [5, 5.41) is 10.6. The molecule has 0 saturated heterocycles. The predicted molar refractivity (Wildman–Crippen MR) is 114 cm³/mol. The van der Waals surface area contributed by atoms with E-state index in [9.17, 15) is 22.8 Å². The smallest absolute Gasteiger partial charge is 0.322 e. The summed E-state index contributed by atoms with van der Waals surface area (Å²) in [7, 11) is 0. The summed E-state index contributed by atoms with van der Waals surface area (Å²) in [6.07, 6.45) is -3.58. The normalized spacial score (nSPS) is 11.5. The Morgan fingerprint density at radius 3 is 2.31 bits per heavy atom. The van der Waals surface area contributed by atoms with E-state index in [1.165, 1.54) is 10.5 Å². The number of thioether (sulfide) groups is 1. The lowest BCUT2D eigenvalue weighted by molar-refractivity contribution is -0.137. The van der Waals surface area contributed by atoms with Crippen molar-refractivity contribution in [1.29, 1.82) is 0 Å². The zero-order chi connectivity index (χ0) is 22.7. The number of rotatable bonds is 6. The van der Waals surface area contributed by atoms with E-state index in [-0.39, 0.29) is 28.2 Å². The number of carbonyl (C=O) groups is 2. The van der Waals surface area contributed by atoms with Gasteiger partial charge in [-0.05, 0) is 48.5 Å². The highest BCUT2D eigenvalue weighted by Gasteiger charge is 2.31. The Labute approximate surface area is 184 Å². The van der Waals surface area contributed by atoms with Crippen LogP contribution in [0.4, 0.5) is 18.9 Å². The Bertz CT molecular complexity index is 1270. The quantitative estimate of drug-likeness (QED) is 0.327. The van der Waals surface area contributed by atoms with Gasteiger partial charge in [-0.25, -0.2) is 0 Å². The van der Waals surface area contributed by atoms with Gasteiger partial charge in [-0.15, -0.1) is 10.2 Å². The molecule has 32 heavy (non-hydrogen) atoms. The third-order valence-corrected chi connectivity index (χ3v) is 5.47. The van der Waals surface area contributed by atoms with Gasteiger partial charge in [0.2, 0.25) is 0 Å². The average Bonchev–Trinajstić information content (AvgIpc) is 3.20. The first-order valence-electron chi connectivity index (χ1n) is 9.36. The van der Waals surface area contributed by atoms with Crippen LogP contribution in [-0.4, -0.2) is 32.0 Å². The zero-order valence-corrected chi connectivity index (χ0v) is 17.2. The van der Waals surface area contributed by atoms with Crippen molar-refractivity contribution in [2.45, 2.75) is 11.3 Å². The van der Waals surface area contributed by atoms with Crippen LogP contribution in [0.25, 0.3) is 5.65 Å². The van der Waals surface area contributed by atoms with Gasteiger partial charge in [-0.1, -0.05) is 30.0 Å². The van der Waals surface area contributed by atoms with Crippen LogP contribution in [0.5, 0.6) is 0 Å². The monoisotopic (exact) mass is 456 g/mol. The Hall–Kier alpha value is -3.66. The minimum atomic E-state index is -4.49. The molecule has 4 aromatic rings. The molecule has 162 valence electrons. The Morgan fingerprint density at radius 1 is 0.906 bits per heavy atom. The first-order chi connectivity index (χ1) is 15.3. The molecule has 0 aliphatic heterocycles. The van der Waals surface area contributed by atoms with E-state index in [0.717, 1.165) is 24.0 Å². The number of nitrogens with one attached hydrogen (secondary N) is 1. The van der Waals surface area contributed by atoms with Crippen LogP contribution in [-0.2, 0) is 6.18 Å². The van der Waals surface area contributed by atoms with Crippen LogP contribution in [0, 0.1) is 0 Å². The highest BCUT2D eigenvalue weighted by molar-refractivity contribution is 7.99. The van der Waals surface area contributed by atoms with Gasteiger partial charge in [0.25, 0.3) is 5.91 Å². The van der Waals surface area contributed by atoms with E-state index in [4.69, 9.17) is 0 Å². The fourth-order valence-electron chi connectivity index (χ4n) is 2.88. The van der Waals surface area contributed by atoms with Gasteiger partial charge in [0.1, 0.15) is 0 Å². The van der Waals surface area contributed by atoms with E-state index >= 15 is 0 Å². The third-order valence-electron chi connectivity index (χ3n) is 4.53. The number of hydrogen-bond acceptors (Lipinski definition) is 5. The number of aromatic nitrogens is 3. The van der Waals surface area contributed by atoms with Crippen LogP contribution < -0.4 is 5.32 Å². The maximum absolute atomic E-state index is 13.0. The van der Waals surface area contributed by atoms with E-state index in [0.29, 0.717) is 16.8 Å². The fourth-order valence-corrected chi connectivity index (χ4v) is 3.69. The molecule has 0 radical (unpaired) electrons. The highest BCUT2D eigenvalue weighted by Crippen LogP contribution is 2.30. The number of anilines is 1. The van der Waals surface area contributed by atoms with Crippen molar-refractivity contribution in [3.63, 3.8) is 0 Å². The van der Waals surface area contributed by atoms with Crippen molar-refractivity contribution in [3.8, 4) is 0 Å². The molecular formula is C22H15F3N4O2S. The number of pyridine rings is 1. The van der Waals surface area contributed by atoms with Crippen LogP contribution in [0.2, 0.25) is 0 Å². The van der Waals surface area contributed by atoms with E-state index in [2.05, 4.69) is 15.5 Å². The average molecular weight is 456 g/mol. The van der Waals surface area contributed by atoms with Crippen molar-refractivity contribution in [2.24, 2.45) is 0 Å². The maximum Gasteiger partial charge on any atom is 0.417 e. The van der Waals surface area contributed by atoms with Crippen molar-refractivity contribution >= 4 is 34.8 Å². The van der Waals surface area contributed by atoms with Gasteiger partial charge in [0.15, 0.2) is 16.6 Å². The first kappa shape index (κ1) is 21.6. The molecule has 1 N–H and O–H groups in total. The Kier molecular flexibility index (Phi) is 5.95. The SMILES string of the molecule is O=C(CSc1nnc2ccc(C(F)(F)F)cn12)c1ccc(NC(=O)c2ccccc2)cc1. The van der Waals surface area contributed by atoms with E-state index < -0.39 is 11.7 Å². The van der Waals surface area contributed by atoms with E-state index in [1.807, 2.05) is 6.07 Å². The molecule has 0 saturated carbocycles. The van der Waals surface area contributed by atoms with Gasteiger partial charge in [-0.3, -0.25) is 14.0 Å². The van der Waals surface area contributed by atoms with Gasteiger partial charge < -0.3 is 5.32 Å². The van der Waals surface area contributed by atoms with Gasteiger partial charge in [0, 0.05) is 23.0 Å². The summed E-state index contributed by atoms with van der Waals surface area (Å²) in [5.41, 5.74) is 0.877. The summed E-state index contributed by atoms with van der Waals surface area (Å²) in [5.74, 6) is -0.538. The van der Waals surface area contributed by atoms with Gasteiger partial charge in [0.05, 0.1) is 11.3 Å². The number of halogens is 3. The zero-order valence-electron chi connectivity index (χ0n) is 16.3. The molecule has 0 unspecified atom stereocenters. The second-order valence-corrected chi connectivity index (χ2v) is 7.68. The minimum absolute atomic E-state index is 0.0350. The molecule has 2 aromatic heterocycles. The van der Waals surface area contributed by atoms with Gasteiger partial charge in [-0.2, -0.15) is 13.2 Å². The molecule has 0 spiro atoms. The third kappa shape index (κ3) is 4.80. The number of ketones is 1. The topological polar surface area (TPSA) is 76.4 Å². The number of benzene rings is 2. The molecule has 1 amide bonds. The molecule has 0 aliphatic rings. The molecule has 4 rings (SSSR count). The molecule has 6 nitrogen and oxygen atoms in total. The molecule has 0 aliphatic carbocycles. The molecule has 0 atom stereocenters. The minimum Gasteiger partial charge on any atom is -0.322 e. The second kappa shape index (κ2) is 8.83. The summed E-state index contributed by atoms with van der Waals surface area (Å²) >= 11 is 0.994. The number of hydrogen-bond donors (Lipinski definition) is 1. The summed E-state index contributed by atoms with van der Waals surface area (Å²) in [6.45, 7) is 0. The largest absolute Gasteiger partial charge is 0.417 e. The summed E-state index contributed by atoms with van der Waals surface area (Å²) in [6, 6.07) is 17.3. The molecule has 0 bridgehead atoms. The maximum atomic E-state index is 13.0. The van der Waals surface area contributed by atoms with Crippen LogP contribution in [0.15, 0.2) is 78.1 Å². The molecular weight excluding hydrogens is 441 g/mol. The lowest BCUT2D eigenvalue weighted by Gasteiger charge is -2.07. The summed E-state index contributed by atoms with van der Waals surface area (Å²) < 4.78 is 40.1. The van der Waals surface area contributed by atoms with Crippen molar-refractivity contribution in [2.75, 3.05) is 11.1 Å². The van der Waals surface area contributed by atoms with Crippen LogP contribution >= 0.6 is 11.8 Å². The van der Waals surface area contributed by atoms with E-state index in [1.54, 1.807) is 48.5 Å². The Balaban J connectivity index is 1.41. The fraction of sp³-hybridized carbons (Fsp3) is 0.0909. The number of nitrogens with zero attached hydrogens (tertiary/aromatic N) is 3.